The van der Waals surface area contributed by atoms with E-state index in [1.54, 1.807) is 6.20 Å². The molecular weight excluding hydrogens is 338 g/mol. The third-order valence-electron chi connectivity index (χ3n) is 3.20. The second-order valence-corrected chi connectivity index (χ2v) is 5.33. The van der Waals surface area contributed by atoms with Gasteiger partial charge in [0.1, 0.15) is 4.47 Å². The predicted molar refractivity (Wildman–Crippen MR) is 81.8 cm³/mol. The molecule has 7 heteroatoms. The summed E-state index contributed by atoms with van der Waals surface area (Å²) in [4.78, 5) is 12.0. The van der Waals surface area contributed by atoms with E-state index in [1.807, 2.05) is 25.1 Å². The lowest BCUT2D eigenvalue weighted by molar-refractivity contribution is 0.174. The SMILES string of the molecule is CCn1ncc(NCc2ccc3c(c2)OCO3)c(Br)c1=O. The van der Waals surface area contributed by atoms with Crippen LogP contribution in [0.1, 0.15) is 12.5 Å². The van der Waals surface area contributed by atoms with Gasteiger partial charge in [0.05, 0.1) is 11.9 Å². The van der Waals surface area contributed by atoms with Gasteiger partial charge in [-0.05, 0) is 40.5 Å². The van der Waals surface area contributed by atoms with Crippen LogP contribution in [0.25, 0.3) is 0 Å². The van der Waals surface area contributed by atoms with E-state index < -0.39 is 0 Å². The van der Waals surface area contributed by atoms with Crippen molar-refractivity contribution in [3.05, 3.63) is 44.8 Å². The number of hydrogen-bond acceptors (Lipinski definition) is 5. The molecule has 2 heterocycles. The van der Waals surface area contributed by atoms with E-state index in [1.165, 1.54) is 4.68 Å². The van der Waals surface area contributed by atoms with Gasteiger partial charge in [-0.1, -0.05) is 6.07 Å². The zero-order valence-electron chi connectivity index (χ0n) is 11.4. The molecule has 0 saturated carbocycles. The minimum Gasteiger partial charge on any atom is -0.454 e. The lowest BCUT2D eigenvalue weighted by atomic mass is 10.2. The molecular formula is C14H14BrN3O3. The number of nitrogens with zero attached hydrogens (tertiary/aromatic N) is 2. The predicted octanol–water partition coefficient (Wildman–Crippen LogP) is 2.37. The molecule has 0 amide bonds. The average Bonchev–Trinajstić information content (AvgIpc) is 2.96. The number of rotatable bonds is 4. The van der Waals surface area contributed by atoms with Crippen molar-refractivity contribution in [3.63, 3.8) is 0 Å². The minimum atomic E-state index is -0.145. The topological polar surface area (TPSA) is 65.4 Å². The highest BCUT2D eigenvalue weighted by Crippen LogP contribution is 2.32. The average molecular weight is 352 g/mol. The normalized spacial score (nSPS) is 12.5. The summed E-state index contributed by atoms with van der Waals surface area (Å²) in [6, 6.07) is 5.75. The largest absolute Gasteiger partial charge is 0.454 e. The van der Waals surface area contributed by atoms with Crippen LogP contribution in [0.2, 0.25) is 0 Å². The maximum absolute atomic E-state index is 12.0. The molecule has 0 fully saturated rings. The number of hydrogen-bond donors (Lipinski definition) is 1. The lowest BCUT2D eigenvalue weighted by Crippen LogP contribution is -2.23. The van der Waals surface area contributed by atoms with Crippen molar-refractivity contribution in [2.75, 3.05) is 12.1 Å². The number of aromatic nitrogens is 2. The van der Waals surface area contributed by atoms with Crippen molar-refractivity contribution in [2.24, 2.45) is 0 Å². The summed E-state index contributed by atoms with van der Waals surface area (Å²) in [7, 11) is 0. The van der Waals surface area contributed by atoms with Gasteiger partial charge >= 0.3 is 0 Å². The second kappa shape index (κ2) is 5.77. The molecule has 1 aromatic carbocycles. The number of halogens is 1. The van der Waals surface area contributed by atoms with Crippen molar-refractivity contribution in [1.82, 2.24) is 9.78 Å². The van der Waals surface area contributed by atoms with Crippen molar-refractivity contribution in [3.8, 4) is 11.5 Å². The Kier molecular flexibility index (Phi) is 3.83. The zero-order valence-corrected chi connectivity index (χ0v) is 13.0. The smallest absolute Gasteiger partial charge is 0.283 e. The van der Waals surface area contributed by atoms with Gasteiger partial charge in [-0.15, -0.1) is 0 Å². The number of nitrogens with one attached hydrogen (secondary N) is 1. The number of anilines is 1. The Morgan fingerprint density at radius 2 is 2.19 bits per heavy atom. The van der Waals surface area contributed by atoms with Crippen molar-refractivity contribution >= 4 is 21.6 Å². The Morgan fingerprint density at radius 1 is 1.38 bits per heavy atom. The molecule has 1 aliphatic rings. The van der Waals surface area contributed by atoms with Gasteiger partial charge in [0.2, 0.25) is 6.79 Å². The summed E-state index contributed by atoms with van der Waals surface area (Å²) < 4.78 is 12.5. The van der Waals surface area contributed by atoms with Crippen LogP contribution >= 0.6 is 15.9 Å². The molecule has 0 atom stereocenters. The third-order valence-corrected chi connectivity index (χ3v) is 3.97. The van der Waals surface area contributed by atoms with Gasteiger partial charge in [0.25, 0.3) is 5.56 Å². The Labute approximate surface area is 129 Å². The first-order chi connectivity index (χ1) is 10.2. The summed E-state index contributed by atoms with van der Waals surface area (Å²) in [5, 5.41) is 7.29. The molecule has 1 aromatic heterocycles. The molecule has 0 radical (unpaired) electrons. The van der Waals surface area contributed by atoms with Crippen LogP contribution in [-0.4, -0.2) is 16.6 Å². The summed E-state index contributed by atoms with van der Waals surface area (Å²) in [6.07, 6.45) is 1.64. The molecule has 0 spiro atoms. The maximum atomic E-state index is 12.0. The summed E-state index contributed by atoms with van der Waals surface area (Å²) in [5.41, 5.74) is 1.56. The van der Waals surface area contributed by atoms with Crippen LogP contribution in [-0.2, 0) is 13.1 Å². The van der Waals surface area contributed by atoms with Gasteiger partial charge < -0.3 is 14.8 Å². The third kappa shape index (κ3) is 2.73. The molecule has 0 aliphatic carbocycles. The molecule has 6 nitrogen and oxygen atoms in total. The fourth-order valence-electron chi connectivity index (χ4n) is 2.06. The first-order valence-corrected chi connectivity index (χ1v) is 7.36. The van der Waals surface area contributed by atoms with Crippen molar-refractivity contribution < 1.29 is 9.47 Å². The van der Waals surface area contributed by atoms with Gasteiger partial charge in [-0.25, -0.2) is 4.68 Å². The molecule has 0 saturated heterocycles. The van der Waals surface area contributed by atoms with Gasteiger partial charge in [0, 0.05) is 13.1 Å². The van der Waals surface area contributed by atoms with E-state index in [0.717, 1.165) is 17.1 Å². The van der Waals surface area contributed by atoms with Crippen LogP contribution in [0.3, 0.4) is 0 Å². The van der Waals surface area contributed by atoms with Crippen molar-refractivity contribution in [2.45, 2.75) is 20.0 Å². The monoisotopic (exact) mass is 351 g/mol. The van der Waals surface area contributed by atoms with Crippen LogP contribution in [0.4, 0.5) is 5.69 Å². The maximum Gasteiger partial charge on any atom is 0.283 e. The van der Waals surface area contributed by atoms with E-state index in [4.69, 9.17) is 9.47 Å². The van der Waals surface area contributed by atoms with Crippen LogP contribution in [0.5, 0.6) is 11.5 Å². The summed E-state index contributed by atoms with van der Waals surface area (Å²) >= 11 is 3.31. The molecule has 2 aromatic rings. The van der Waals surface area contributed by atoms with E-state index in [9.17, 15) is 4.79 Å². The molecule has 1 N–H and O–H groups in total. The fourth-order valence-corrected chi connectivity index (χ4v) is 2.51. The fraction of sp³-hybridized carbons (Fsp3) is 0.286. The Morgan fingerprint density at radius 3 is 3.00 bits per heavy atom. The van der Waals surface area contributed by atoms with Crippen LogP contribution in [0, 0.1) is 0 Å². The van der Waals surface area contributed by atoms with Gasteiger partial charge in [-0.2, -0.15) is 5.10 Å². The van der Waals surface area contributed by atoms with E-state index in [0.29, 0.717) is 23.2 Å². The van der Waals surface area contributed by atoms with E-state index in [-0.39, 0.29) is 12.4 Å². The number of fused-ring (bicyclic) bond motifs is 1. The molecule has 3 rings (SSSR count). The molecule has 21 heavy (non-hydrogen) atoms. The summed E-state index contributed by atoms with van der Waals surface area (Å²) in [6.45, 7) is 3.24. The van der Waals surface area contributed by atoms with Crippen LogP contribution in [0.15, 0.2) is 33.7 Å². The highest BCUT2D eigenvalue weighted by atomic mass is 79.9. The number of benzene rings is 1. The second-order valence-electron chi connectivity index (χ2n) is 4.53. The first-order valence-electron chi connectivity index (χ1n) is 6.57. The zero-order chi connectivity index (χ0) is 14.8. The lowest BCUT2D eigenvalue weighted by Gasteiger charge is -2.10. The number of ether oxygens (including phenoxy) is 2. The highest BCUT2D eigenvalue weighted by Gasteiger charge is 2.13. The minimum absolute atomic E-state index is 0.145. The summed E-state index contributed by atoms with van der Waals surface area (Å²) in [5.74, 6) is 1.50. The molecule has 110 valence electrons. The molecule has 0 unspecified atom stereocenters. The molecule has 0 bridgehead atoms. The van der Waals surface area contributed by atoms with Crippen molar-refractivity contribution in [1.29, 1.82) is 0 Å². The van der Waals surface area contributed by atoms with Gasteiger partial charge in [-0.3, -0.25) is 4.79 Å². The van der Waals surface area contributed by atoms with E-state index >= 15 is 0 Å². The molecule has 1 aliphatic heterocycles. The van der Waals surface area contributed by atoms with Crippen LogP contribution < -0.4 is 20.3 Å². The highest BCUT2D eigenvalue weighted by molar-refractivity contribution is 9.10. The Balaban J connectivity index is 1.76. The quantitative estimate of drug-likeness (QED) is 0.915. The van der Waals surface area contributed by atoms with Gasteiger partial charge in [0.15, 0.2) is 11.5 Å². The first kappa shape index (κ1) is 13.9. The number of aryl methyl sites for hydroxylation is 1. The standard InChI is InChI=1S/C14H14BrN3O3/c1-2-18-14(19)13(15)10(7-17-18)16-6-9-3-4-11-12(5-9)21-8-20-11/h3-5,7,16H,2,6,8H2,1H3. The van der Waals surface area contributed by atoms with E-state index in [2.05, 4.69) is 26.3 Å². The Hall–Kier alpha value is -2.02. The Bertz CT molecular complexity index is 730.